The maximum Gasteiger partial charge on any atom is 0.205 e. The van der Waals surface area contributed by atoms with Crippen LogP contribution in [-0.4, -0.2) is 48.9 Å². The average molecular weight is 266 g/mol. The van der Waals surface area contributed by atoms with Crippen LogP contribution in [0.3, 0.4) is 0 Å². The molecule has 1 aromatic rings. The van der Waals surface area contributed by atoms with Gasteiger partial charge in [0.05, 0.1) is 5.69 Å². The monoisotopic (exact) mass is 266 g/mol. The van der Waals surface area contributed by atoms with Gasteiger partial charge in [-0.1, -0.05) is 6.92 Å². The molecule has 1 fully saturated rings. The van der Waals surface area contributed by atoms with Crippen molar-refractivity contribution in [2.75, 3.05) is 38.3 Å². The van der Waals surface area contributed by atoms with Crippen molar-refractivity contribution in [2.24, 2.45) is 0 Å². The Balaban J connectivity index is 2.10. The molecule has 0 bridgehead atoms. The van der Waals surface area contributed by atoms with Crippen molar-refractivity contribution in [1.29, 1.82) is 0 Å². The summed E-state index contributed by atoms with van der Waals surface area (Å²) in [5.41, 5.74) is 1.18. The third kappa shape index (κ3) is 3.70. The van der Waals surface area contributed by atoms with Crippen molar-refractivity contribution in [3.63, 3.8) is 0 Å². The van der Waals surface area contributed by atoms with E-state index in [9.17, 15) is 0 Å². The van der Waals surface area contributed by atoms with E-state index in [1.807, 2.05) is 0 Å². The van der Waals surface area contributed by atoms with Crippen molar-refractivity contribution >= 4 is 5.95 Å². The zero-order chi connectivity index (χ0) is 13.7. The number of piperazine rings is 1. The summed E-state index contributed by atoms with van der Waals surface area (Å²) in [5, 5.41) is 3.48. The second kappa shape index (κ2) is 6.91. The van der Waals surface area contributed by atoms with Crippen LogP contribution in [0.5, 0.6) is 0 Å². The van der Waals surface area contributed by atoms with Gasteiger partial charge in [0, 0.05) is 52.1 Å². The topological polar surface area (TPSA) is 42.3 Å². The maximum atomic E-state index is 5.14. The molecule has 0 aromatic carbocycles. The van der Waals surface area contributed by atoms with E-state index in [1.165, 1.54) is 5.69 Å². The highest BCUT2D eigenvalue weighted by Gasteiger charge is 2.20. The van der Waals surface area contributed by atoms with E-state index in [1.54, 1.807) is 7.11 Å². The van der Waals surface area contributed by atoms with E-state index in [0.717, 1.165) is 51.6 Å². The summed E-state index contributed by atoms with van der Waals surface area (Å²) in [4.78, 5) is 7.18. The number of rotatable bonds is 6. The lowest BCUT2D eigenvalue weighted by Gasteiger charge is -2.33. The number of aromatic nitrogens is 2. The summed E-state index contributed by atoms with van der Waals surface area (Å²) in [6.45, 7) is 9.27. The smallest absolute Gasteiger partial charge is 0.205 e. The molecule has 0 spiro atoms. The van der Waals surface area contributed by atoms with Crippen LogP contribution in [0, 0.1) is 0 Å². The zero-order valence-corrected chi connectivity index (χ0v) is 12.4. The highest BCUT2D eigenvalue weighted by molar-refractivity contribution is 5.35. The van der Waals surface area contributed by atoms with E-state index in [4.69, 9.17) is 9.72 Å². The van der Waals surface area contributed by atoms with Crippen molar-refractivity contribution in [1.82, 2.24) is 14.9 Å². The van der Waals surface area contributed by atoms with E-state index in [-0.39, 0.29) is 0 Å². The van der Waals surface area contributed by atoms with Crippen LogP contribution in [0.15, 0.2) is 6.20 Å². The molecule has 5 nitrogen and oxygen atoms in total. The number of hydrogen-bond donors (Lipinski definition) is 1. The first-order valence-corrected chi connectivity index (χ1v) is 7.28. The molecule has 0 radical (unpaired) electrons. The molecule has 1 aliphatic heterocycles. The molecule has 108 valence electrons. The Hall–Kier alpha value is -1.07. The number of anilines is 1. The number of nitrogens with one attached hydrogen (secondary N) is 1. The molecule has 5 heteroatoms. The Morgan fingerprint density at radius 2 is 2.37 bits per heavy atom. The second-order valence-electron chi connectivity index (χ2n) is 5.23. The molecule has 1 aliphatic rings. The van der Waals surface area contributed by atoms with Gasteiger partial charge in [-0.25, -0.2) is 4.98 Å². The standard InChI is InChI=1S/C14H26N4O/c1-4-13-11-17(7-5-9-19-3)14(16-13)18-8-6-15-12(2)10-18/h11-12,15H,4-10H2,1-3H3/t12-/m0/s1. The van der Waals surface area contributed by atoms with Crippen LogP contribution in [-0.2, 0) is 17.7 Å². The van der Waals surface area contributed by atoms with E-state index >= 15 is 0 Å². The largest absolute Gasteiger partial charge is 0.385 e. The fourth-order valence-corrected chi connectivity index (χ4v) is 2.54. The maximum absolute atomic E-state index is 5.14. The highest BCUT2D eigenvalue weighted by Crippen LogP contribution is 2.17. The number of nitrogens with zero attached hydrogens (tertiary/aromatic N) is 3. The summed E-state index contributed by atoms with van der Waals surface area (Å²) in [7, 11) is 1.75. The third-order valence-corrected chi connectivity index (χ3v) is 3.57. The number of imidazole rings is 1. The molecule has 1 N–H and O–H groups in total. The van der Waals surface area contributed by atoms with Gasteiger partial charge in [0.15, 0.2) is 0 Å². The Kier molecular flexibility index (Phi) is 5.22. The minimum Gasteiger partial charge on any atom is -0.385 e. The summed E-state index contributed by atoms with van der Waals surface area (Å²) in [6.07, 6.45) is 4.22. The predicted molar refractivity (Wildman–Crippen MR) is 77.8 cm³/mol. The lowest BCUT2D eigenvalue weighted by Crippen LogP contribution is -2.50. The Bertz CT molecular complexity index is 391. The molecule has 0 amide bonds. The highest BCUT2D eigenvalue weighted by atomic mass is 16.5. The summed E-state index contributed by atoms with van der Waals surface area (Å²) in [6, 6.07) is 0.531. The minimum atomic E-state index is 0.531. The van der Waals surface area contributed by atoms with E-state index in [0.29, 0.717) is 6.04 Å². The molecule has 1 saturated heterocycles. The molecule has 19 heavy (non-hydrogen) atoms. The van der Waals surface area contributed by atoms with Crippen LogP contribution in [0.2, 0.25) is 0 Å². The first-order valence-electron chi connectivity index (χ1n) is 7.28. The van der Waals surface area contributed by atoms with Crippen LogP contribution in [0.25, 0.3) is 0 Å². The first kappa shape index (κ1) is 14.3. The van der Waals surface area contributed by atoms with Gasteiger partial charge >= 0.3 is 0 Å². The van der Waals surface area contributed by atoms with Gasteiger partial charge in [-0.2, -0.15) is 0 Å². The average Bonchev–Trinajstić information content (AvgIpc) is 2.82. The van der Waals surface area contributed by atoms with E-state index in [2.05, 4.69) is 34.8 Å². The van der Waals surface area contributed by atoms with Gasteiger partial charge in [-0.05, 0) is 19.8 Å². The second-order valence-corrected chi connectivity index (χ2v) is 5.23. The summed E-state index contributed by atoms with van der Waals surface area (Å²) < 4.78 is 7.43. The van der Waals surface area contributed by atoms with Crippen LogP contribution in [0.4, 0.5) is 5.95 Å². The van der Waals surface area contributed by atoms with Crippen LogP contribution >= 0.6 is 0 Å². The molecule has 0 unspecified atom stereocenters. The number of aryl methyl sites for hydroxylation is 2. The first-order chi connectivity index (χ1) is 9.24. The van der Waals surface area contributed by atoms with Gasteiger partial charge in [-0.15, -0.1) is 0 Å². The lowest BCUT2D eigenvalue weighted by molar-refractivity contribution is 0.190. The number of ether oxygens (including phenoxy) is 1. The van der Waals surface area contributed by atoms with Crippen molar-refractivity contribution < 1.29 is 4.74 Å². The Labute approximate surface area is 116 Å². The predicted octanol–water partition coefficient (Wildman–Crippen LogP) is 1.28. The SMILES string of the molecule is CCc1cn(CCCOC)c(N2CCN[C@@H](C)C2)n1. The molecule has 0 aliphatic carbocycles. The summed E-state index contributed by atoms with van der Waals surface area (Å²) in [5.74, 6) is 1.13. The number of hydrogen-bond acceptors (Lipinski definition) is 4. The third-order valence-electron chi connectivity index (χ3n) is 3.57. The summed E-state index contributed by atoms with van der Waals surface area (Å²) >= 11 is 0. The molecule has 1 aromatic heterocycles. The van der Waals surface area contributed by atoms with Gasteiger partial charge < -0.3 is 19.5 Å². The van der Waals surface area contributed by atoms with Gasteiger partial charge in [-0.3, -0.25) is 0 Å². The molecule has 1 atom stereocenters. The normalized spacial score (nSPS) is 19.9. The Morgan fingerprint density at radius 3 is 3.05 bits per heavy atom. The van der Waals surface area contributed by atoms with E-state index < -0.39 is 0 Å². The number of methoxy groups -OCH3 is 1. The van der Waals surface area contributed by atoms with Gasteiger partial charge in [0.2, 0.25) is 5.95 Å². The lowest BCUT2D eigenvalue weighted by atomic mass is 10.2. The van der Waals surface area contributed by atoms with Gasteiger partial charge in [0.25, 0.3) is 0 Å². The quantitative estimate of drug-likeness (QED) is 0.788. The van der Waals surface area contributed by atoms with Crippen molar-refractivity contribution in [2.45, 2.75) is 39.3 Å². The molecule has 2 heterocycles. The fraction of sp³-hybridized carbons (Fsp3) is 0.786. The van der Waals surface area contributed by atoms with Crippen molar-refractivity contribution in [3.8, 4) is 0 Å². The zero-order valence-electron chi connectivity index (χ0n) is 12.4. The fourth-order valence-electron chi connectivity index (χ4n) is 2.54. The van der Waals surface area contributed by atoms with Crippen LogP contribution < -0.4 is 10.2 Å². The molecular formula is C14H26N4O. The molecule has 2 rings (SSSR count). The van der Waals surface area contributed by atoms with Crippen LogP contribution in [0.1, 0.15) is 26.0 Å². The van der Waals surface area contributed by atoms with Gasteiger partial charge in [0.1, 0.15) is 0 Å². The Morgan fingerprint density at radius 1 is 1.53 bits per heavy atom. The minimum absolute atomic E-state index is 0.531. The van der Waals surface area contributed by atoms with Crippen molar-refractivity contribution in [3.05, 3.63) is 11.9 Å². The molecule has 0 saturated carbocycles. The molecular weight excluding hydrogens is 240 g/mol.